The molecule has 1 aliphatic heterocycles. The lowest BCUT2D eigenvalue weighted by Gasteiger charge is -2.39. The molecule has 1 saturated heterocycles. The summed E-state index contributed by atoms with van der Waals surface area (Å²) in [7, 11) is 1.50. The minimum atomic E-state index is -1.34. The van der Waals surface area contributed by atoms with Crippen LogP contribution in [0.1, 0.15) is 42.9 Å². The van der Waals surface area contributed by atoms with Crippen molar-refractivity contribution in [3.63, 3.8) is 0 Å². The number of alkyl halides is 1. The lowest BCUT2D eigenvalue weighted by Crippen LogP contribution is -2.45. The molecule has 7 nitrogen and oxygen atoms in total. The average molecular weight is 551 g/mol. The summed E-state index contributed by atoms with van der Waals surface area (Å²) in [4.78, 5) is 18.5. The second kappa shape index (κ2) is 12.2. The zero-order valence-corrected chi connectivity index (χ0v) is 21.4. The molecule has 2 N–H and O–H groups in total. The second-order valence-corrected chi connectivity index (χ2v) is 9.74. The lowest BCUT2D eigenvalue weighted by atomic mass is 9.74. The fourth-order valence-corrected chi connectivity index (χ4v) is 5.12. The van der Waals surface area contributed by atoms with E-state index in [0.717, 1.165) is 6.07 Å². The first kappa shape index (κ1) is 28.6. The number of benzene rings is 2. The summed E-state index contributed by atoms with van der Waals surface area (Å²) in [5.74, 6) is -4.53. The molecule has 0 spiro atoms. The van der Waals surface area contributed by atoms with Gasteiger partial charge in [0.1, 0.15) is 24.8 Å². The van der Waals surface area contributed by atoms with Crippen molar-refractivity contribution in [1.29, 1.82) is 0 Å². The van der Waals surface area contributed by atoms with Crippen molar-refractivity contribution in [3.8, 4) is 11.5 Å². The maximum Gasteiger partial charge on any atom is 0.309 e. The smallest absolute Gasteiger partial charge is 0.309 e. The van der Waals surface area contributed by atoms with Crippen LogP contribution in [0.5, 0.6) is 11.5 Å². The number of piperidine rings is 1. The predicted octanol–water partition coefficient (Wildman–Crippen LogP) is 5.19. The maximum absolute atomic E-state index is 13.8. The first-order chi connectivity index (χ1) is 18.7. The van der Waals surface area contributed by atoms with E-state index in [4.69, 9.17) is 9.47 Å². The first-order valence-electron chi connectivity index (χ1n) is 12.6. The van der Waals surface area contributed by atoms with Gasteiger partial charge in [0, 0.05) is 35.8 Å². The van der Waals surface area contributed by atoms with Crippen molar-refractivity contribution >= 4 is 16.9 Å². The van der Waals surface area contributed by atoms with Crippen LogP contribution in [-0.2, 0) is 11.5 Å². The Hall–Kier alpha value is -3.44. The molecule has 3 aromatic rings. The number of fused-ring (bicyclic) bond motifs is 1. The highest BCUT2D eigenvalue weighted by Crippen LogP contribution is 2.40. The summed E-state index contributed by atoms with van der Waals surface area (Å²) in [5, 5.41) is 21.7. The van der Waals surface area contributed by atoms with Gasteiger partial charge < -0.3 is 19.7 Å². The number of methoxy groups -OCH3 is 1. The summed E-state index contributed by atoms with van der Waals surface area (Å²) in [5.41, 5.74) is 0.0768. The van der Waals surface area contributed by atoms with Gasteiger partial charge in [-0.05, 0) is 62.5 Å². The summed E-state index contributed by atoms with van der Waals surface area (Å²) >= 11 is 0. The number of hydrogen-bond acceptors (Lipinski definition) is 6. The molecule has 0 saturated carbocycles. The predicted molar refractivity (Wildman–Crippen MR) is 135 cm³/mol. The number of nitrogens with zero attached hydrogens (tertiary/aromatic N) is 2. The van der Waals surface area contributed by atoms with Crippen LogP contribution < -0.4 is 9.47 Å². The standard InChI is InChI=1S/C28H30F4N2O5/c1-38-19-2-3-22-20(14-19)25(17(15-29)16-33-22)23(35)4-5-28(27(36)37)6-8-34(9-7-28)10-11-39-24-13-18(30)12-21(31)26(24)32/h2-3,12-14,16,23,35H,4-11,15H2,1H3,(H,36,37)/t23-/m0/s1. The van der Waals surface area contributed by atoms with Crippen LogP contribution in [0.15, 0.2) is 36.5 Å². The molecule has 0 amide bonds. The number of carboxylic acids is 1. The number of aliphatic hydroxyl groups excluding tert-OH is 1. The normalized spacial score (nSPS) is 16.3. The number of rotatable bonds is 11. The average Bonchev–Trinajstić information content (AvgIpc) is 2.93. The van der Waals surface area contributed by atoms with Crippen LogP contribution in [0, 0.1) is 22.9 Å². The van der Waals surface area contributed by atoms with Gasteiger partial charge in [-0.25, -0.2) is 13.2 Å². The zero-order valence-electron chi connectivity index (χ0n) is 21.4. The van der Waals surface area contributed by atoms with E-state index in [1.807, 2.05) is 4.90 Å². The molecule has 11 heteroatoms. The van der Waals surface area contributed by atoms with E-state index in [9.17, 15) is 32.6 Å². The highest BCUT2D eigenvalue weighted by atomic mass is 19.2. The molecular formula is C28H30F4N2O5. The third kappa shape index (κ3) is 6.25. The van der Waals surface area contributed by atoms with Crippen LogP contribution in [0.25, 0.3) is 10.9 Å². The van der Waals surface area contributed by atoms with Crippen molar-refractivity contribution in [2.75, 3.05) is 33.4 Å². The summed E-state index contributed by atoms with van der Waals surface area (Å²) in [6.07, 6.45) is 1.12. The number of halogens is 4. The van der Waals surface area contributed by atoms with Crippen molar-refractivity contribution in [2.24, 2.45) is 5.41 Å². The topological polar surface area (TPSA) is 92.1 Å². The number of aliphatic carboxylic acids is 1. The van der Waals surface area contributed by atoms with E-state index in [1.165, 1.54) is 13.3 Å². The Morgan fingerprint density at radius 2 is 1.92 bits per heavy atom. The van der Waals surface area contributed by atoms with E-state index >= 15 is 0 Å². The molecule has 2 heterocycles. The van der Waals surface area contributed by atoms with Crippen LogP contribution in [0.2, 0.25) is 0 Å². The molecule has 0 bridgehead atoms. The Bertz CT molecular complexity index is 1330. The van der Waals surface area contributed by atoms with Crippen LogP contribution >= 0.6 is 0 Å². The number of likely N-dealkylation sites (tertiary alicyclic amines) is 1. The van der Waals surface area contributed by atoms with Gasteiger partial charge in [-0.1, -0.05) is 0 Å². The maximum atomic E-state index is 13.8. The number of carboxylic acid groups (broad SMARTS) is 1. The van der Waals surface area contributed by atoms with Gasteiger partial charge in [-0.2, -0.15) is 4.39 Å². The van der Waals surface area contributed by atoms with Gasteiger partial charge in [0.05, 0.1) is 24.1 Å². The second-order valence-electron chi connectivity index (χ2n) is 9.74. The summed E-state index contributed by atoms with van der Waals surface area (Å²) in [6, 6.07) is 6.31. The first-order valence-corrected chi connectivity index (χ1v) is 12.6. The molecule has 4 rings (SSSR count). The fraction of sp³-hybridized carbons (Fsp3) is 0.429. The van der Waals surface area contributed by atoms with Crippen molar-refractivity contribution < 1.29 is 42.0 Å². The largest absolute Gasteiger partial charge is 0.497 e. The molecule has 39 heavy (non-hydrogen) atoms. The monoisotopic (exact) mass is 550 g/mol. The molecule has 1 aliphatic rings. The van der Waals surface area contributed by atoms with Crippen molar-refractivity contribution in [3.05, 3.63) is 65.1 Å². The van der Waals surface area contributed by atoms with Crippen LogP contribution in [-0.4, -0.2) is 59.4 Å². The minimum absolute atomic E-state index is 0.0385. The third-order valence-corrected chi connectivity index (χ3v) is 7.46. The minimum Gasteiger partial charge on any atom is -0.497 e. The highest BCUT2D eigenvalue weighted by Gasteiger charge is 2.41. The molecule has 0 aliphatic carbocycles. The third-order valence-electron chi connectivity index (χ3n) is 7.46. The molecule has 0 unspecified atom stereocenters. The van der Waals surface area contributed by atoms with Crippen molar-refractivity contribution in [1.82, 2.24) is 9.88 Å². The Morgan fingerprint density at radius 1 is 1.18 bits per heavy atom. The van der Waals surface area contributed by atoms with Crippen molar-refractivity contribution in [2.45, 2.75) is 38.5 Å². The summed E-state index contributed by atoms with van der Waals surface area (Å²) in [6.45, 7) is 0.233. The molecule has 0 radical (unpaired) electrons. The number of carbonyl (C=O) groups is 1. The van der Waals surface area contributed by atoms with Gasteiger partial charge in [-0.3, -0.25) is 14.7 Å². The van der Waals surface area contributed by atoms with E-state index in [0.29, 0.717) is 60.8 Å². The quantitative estimate of drug-likeness (QED) is 0.251. The Labute approximate surface area is 223 Å². The molecule has 2 aromatic carbocycles. The van der Waals surface area contributed by atoms with Gasteiger partial charge in [-0.15, -0.1) is 0 Å². The zero-order chi connectivity index (χ0) is 28.2. The van der Waals surface area contributed by atoms with E-state index in [1.54, 1.807) is 18.2 Å². The molecule has 1 atom stereocenters. The molecular weight excluding hydrogens is 520 g/mol. The number of ether oxygens (including phenoxy) is 2. The van der Waals surface area contributed by atoms with Gasteiger partial charge in [0.15, 0.2) is 11.6 Å². The van der Waals surface area contributed by atoms with Crippen LogP contribution in [0.4, 0.5) is 17.6 Å². The SMILES string of the molecule is COc1ccc2ncc(CF)c([C@@H](O)CCC3(C(=O)O)CCN(CCOc4cc(F)cc(F)c4F)CC3)c2c1. The number of aliphatic hydroxyl groups is 1. The Morgan fingerprint density at radius 3 is 2.59 bits per heavy atom. The number of pyridine rings is 1. The van der Waals surface area contributed by atoms with Gasteiger partial charge in [0.2, 0.25) is 5.82 Å². The number of aromatic nitrogens is 1. The molecule has 210 valence electrons. The summed E-state index contributed by atoms with van der Waals surface area (Å²) < 4.78 is 64.8. The Balaban J connectivity index is 1.39. The van der Waals surface area contributed by atoms with Gasteiger partial charge >= 0.3 is 5.97 Å². The fourth-order valence-electron chi connectivity index (χ4n) is 5.12. The lowest BCUT2D eigenvalue weighted by molar-refractivity contribution is -0.153. The van der Waals surface area contributed by atoms with E-state index in [-0.39, 0.29) is 25.0 Å². The van der Waals surface area contributed by atoms with Gasteiger partial charge in [0.25, 0.3) is 0 Å². The molecule has 1 fully saturated rings. The van der Waals surface area contributed by atoms with E-state index < -0.39 is 47.4 Å². The number of hydrogen-bond donors (Lipinski definition) is 2. The van der Waals surface area contributed by atoms with E-state index in [2.05, 4.69) is 4.98 Å². The van der Waals surface area contributed by atoms with Crippen LogP contribution in [0.3, 0.4) is 0 Å². The Kier molecular flexibility index (Phi) is 8.91. The highest BCUT2D eigenvalue weighted by molar-refractivity contribution is 5.85. The molecule has 1 aromatic heterocycles.